The highest BCUT2D eigenvalue weighted by atomic mass is 32.2. The van der Waals surface area contributed by atoms with Gasteiger partial charge in [0.1, 0.15) is 0 Å². The largest absolute Gasteiger partial charge is 0.338 e. The topological polar surface area (TPSA) is 51.8 Å². The molecule has 1 atom stereocenters. The van der Waals surface area contributed by atoms with E-state index in [1.54, 1.807) is 23.1 Å². The summed E-state index contributed by atoms with van der Waals surface area (Å²) in [6.45, 7) is 5.84. The van der Waals surface area contributed by atoms with Crippen LogP contribution in [0.25, 0.3) is 0 Å². The highest BCUT2D eigenvalue weighted by Crippen LogP contribution is 2.35. The van der Waals surface area contributed by atoms with E-state index in [9.17, 15) is 0 Å². The molecule has 0 amide bonds. The highest BCUT2D eigenvalue weighted by molar-refractivity contribution is 8.01. The fraction of sp³-hybridized carbons (Fsp3) is 0.444. The van der Waals surface area contributed by atoms with Crippen LogP contribution in [0.15, 0.2) is 14.2 Å². The Balaban J connectivity index is 2.06. The van der Waals surface area contributed by atoms with E-state index in [0.717, 1.165) is 10.0 Å². The van der Waals surface area contributed by atoms with Crippen LogP contribution in [0.5, 0.6) is 0 Å². The Morgan fingerprint density at radius 2 is 2.20 bits per heavy atom. The third kappa shape index (κ3) is 2.57. The third-order valence-corrected chi connectivity index (χ3v) is 3.94. The molecule has 0 aliphatic rings. The maximum atomic E-state index is 5.10. The zero-order valence-corrected chi connectivity index (χ0v) is 10.4. The number of rotatable bonds is 3. The number of hydrogen-bond donors (Lipinski definition) is 0. The Morgan fingerprint density at radius 1 is 1.40 bits per heavy atom. The summed E-state index contributed by atoms with van der Waals surface area (Å²) < 4.78 is 6.14. The van der Waals surface area contributed by atoms with Gasteiger partial charge in [-0.25, -0.2) is 4.98 Å². The van der Waals surface area contributed by atoms with E-state index in [4.69, 9.17) is 4.52 Å². The van der Waals surface area contributed by atoms with Gasteiger partial charge < -0.3 is 4.52 Å². The van der Waals surface area contributed by atoms with Crippen LogP contribution >= 0.6 is 23.1 Å². The molecule has 6 heteroatoms. The first kappa shape index (κ1) is 10.6. The first-order chi connectivity index (χ1) is 7.15. The molecule has 0 aromatic carbocycles. The molecule has 0 fully saturated rings. The molecule has 1 unspecified atom stereocenters. The minimum atomic E-state index is 0.150. The Hall–Kier alpha value is -0.880. The van der Waals surface area contributed by atoms with Crippen molar-refractivity contribution in [3.05, 3.63) is 22.8 Å². The van der Waals surface area contributed by atoms with Crippen LogP contribution < -0.4 is 0 Å². The van der Waals surface area contributed by atoms with E-state index in [2.05, 4.69) is 15.1 Å². The lowest BCUT2D eigenvalue weighted by Crippen LogP contribution is -1.88. The number of hydrogen-bond acceptors (Lipinski definition) is 6. The van der Waals surface area contributed by atoms with E-state index < -0.39 is 0 Å². The molecule has 0 N–H and O–H groups in total. The van der Waals surface area contributed by atoms with Gasteiger partial charge in [-0.1, -0.05) is 16.9 Å². The summed E-state index contributed by atoms with van der Waals surface area (Å²) in [5.41, 5.74) is 1.05. The van der Waals surface area contributed by atoms with E-state index in [1.165, 1.54) is 0 Å². The Kier molecular flexibility index (Phi) is 3.06. The molecule has 2 heterocycles. The molecule has 15 heavy (non-hydrogen) atoms. The van der Waals surface area contributed by atoms with Crippen molar-refractivity contribution in [2.45, 2.75) is 30.4 Å². The molecule has 80 valence electrons. The van der Waals surface area contributed by atoms with Crippen molar-refractivity contribution < 1.29 is 4.52 Å². The van der Waals surface area contributed by atoms with Gasteiger partial charge >= 0.3 is 0 Å². The number of aromatic nitrogens is 3. The summed E-state index contributed by atoms with van der Waals surface area (Å²) >= 11 is 3.28. The first-order valence-corrected chi connectivity index (χ1v) is 6.30. The fourth-order valence-electron chi connectivity index (χ4n) is 1.07. The predicted octanol–water partition coefficient (Wildman–Crippen LogP) is 3.00. The molecule has 2 aromatic rings. The smallest absolute Gasteiger partial charge is 0.239 e. The summed E-state index contributed by atoms with van der Waals surface area (Å²) in [5, 5.41) is 5.95. The number of aryl methyl sites for hydroxylation is 2. The van der Waals surface area contributed by atoms with Crippen molar-refractivity contribution in [3.63, 3.8) is 0 Å². The van der Waals surface area contributed by atoms with E-state index >= 15 is 0 Å². The van der Waals surface area contributed by atoms with E-state index in [0.29, 0.717) is 11.7 Å². The zero-order valence-electron chi connectivity index (χ0n) is 8.72. The summed E-state index contributed by atoms with van der Waals surface area (Å²) in [6, 6.07) is 0. The van der Waals surface area contributed by atoms with Gasteiger partial charge in [0.2, 0.25) is 5.89 Å². The van der Waals surface area contributed by atoms with Gasteiger partial charge in [0.15, 0.2) is 10.2 Å². The molecule has 0 bridgehead atoms. The van der Waals surface area contributed by atoms with Gasteiger partial charge in [0.05, 0.1) is 5.25 Å². The van der Waals surface area contributed by atoms with Crippen molar-refractivity contribution in [2.24, 2.45) is 0 Å². The summed E-state index contributed by atoms with van der Waals surface area (Å²) in [7, 11) is 0. The van der Waals surface area contributed by atoms with Crippen LogP contribution in [0.3, 0.4) is 0 Å². The molecular formula is C9H11N3OS2. The van der Waals surface area contributed by atoms with Crippen LogP contribution in [-0.2, 0) is 0 Å². The molecule has 4 nitrogen and oxygen atoms in total. The molecule has 0 aliphatic heterocycles. The lowest BCUT2D eigenvalue weighted by molar-refractivity contribution is 0.376. The van der Waals surface area contributed by atoms with Gasteiger partial charge in [-0.3, -0.25) is 0 Å². The minimum absolute atomic E-state index is 0.150. The van der Waals surface area contributed by atoms with Crippen LogP contribution in [0, 0.1) is 13.8 Å². The van der Waals surface area contributed by atoms with Gasteiger partial charge in [-0.15, -0.1) is 11.3 Å². The molecule has 0 saturated heterocycles. The summed E-state index contributed by atoms with van der Waals surface area (Å²) in [6.07, 6.45) is 0. The predicted molar refractivity (Wildman–Crippen MR) is 60.2 cm³/mol. The SMILES string of the molecule is Cc1csc(SC(C)c2nc(C)no2)n1. The molecule has 0 aliphatic carbocycles. The molecule has 0 radical (unpaired) electrons. The monoisotopic (exact) mass is 241 g/mol. The van der Waals surface area contributed by atoms with Crippen LogP contribution in [0.2, 0.25) is 0 Å². The quantitative estimate of drug-likeness (QED) is 0.773. The average molecular weight is 241 g/mol. The number of thioether (sulfide) groups is 1. The maximum absolute atomic E-state index is 5.10. The van der Waals surface area contributed by atoms with Crippen molar-refractivity contribution >= 4 is 23.1 Å². The van der Waals surface area contributed by atoms with Crippen molar-refractivity contribution in [3.8, 4) is 0 Å². The molecular weight excluding hydrogens is 230 g/mol. The number of nitrogens with zero attached hydrogens (tertiary/aromatic N) is 3. The van der Waals surface area contributed by atoms with Crippen LogP contribution in [0.4, 0.5) is 0 Å². The normalized spacial score (nSPS) is 13.0. The molecule has 0 spiro atoms. The maximum Gasteiger partial charge on any atom is 0.239 e. The number of thiazole rings is 1. The zero-order chi connectivity index (χ0) is 10.8. The molecule has 2 rings (SSSR count). The van der Waals surface area contributed by atoms with Crippen LogP contribution in [-0.4, -0.2) is 15.1 Å². The van der Waals surface area contributed by atoms with Gasteiger partial charge in [-0.05, 0) is 20.8 Å². The van der Waals surface area contributed by atoms with Crippen molar-refractivity contribution in [2.75, 3.05) is 0 Å². The summed E-state index contributed by atoms with van der Waals surface area (Å²) in [5.74, 6) is 1.33. The first-order valence-electron chi connectivity index (χ1n) is 4.54. The second-order valence-electron chi connectivity index (χ2n) is 3.19. The van der Waals surface area contributed by atoms with Crippen molar-refractivity contribution in [1.82, 2.24) is 15.1 Å². The Labute approximate surface area is 96.1 Å². The van der Waals surface area contributed by atoms with Crippen LogP contribution in [0.1, 0.15) is 29.6 Å². The second kappa shape index (κ2) is 4.32. The third-order valence-electron chi connectivity index (χ3n) is 1.77. The van der Waals surface area contributed by atoms with E-state index in [-0.39, 0.29) is 5.25 Å². The molecule has 0 saturated carbocycles. The Morgan fingerprint density at radius 3 is 2.73 bits per heavy atom. The standard InChI is InChI=1S/C9H11N3OS2/c1-5-4-14-9(10-5)15-6(2)8-11-7(3)12-13-8/h4,6H,1-3H3. The van der Waals surface area contributed by atoms with Gasteiger partial charge in [0.25, 0.3) is 0 Å². The highest BCUT2D eigenvalue weighted by Gasteiger charge is 2.15. The lowest BCUT2D eigenvalue weighted by atomic mass is 10.5. The van der Waals surface area contributed by atoms with Gasteiger partial charge in [-0.2, -0.15) is 4.98 Å². The average Bonchev–Trinajstić information content (AvgIpc) is 2.75. The lowest BCUT2D eigenvalue weighted by Gasteiger charge is -2.01. The summed E-state index contributed by atoms with van der Waals surface area (Å²) in [4.78, 5) is 8.57. The second-order valence-corrected chi connectivity index (χ2v) is 5.64. The van der Waals surface area contributed by atoms with E-state index in [1.807, 2.05) is 26.2 Å². The fourth-order valence-corrected chi connectivity index (χ4v) is 3.08. The Bertz CT molecular complexity index is 452. The minimum Gasteiger partial charge on any atom is -0.338 e. The molecule has 2 aromatic heterocycles. The van der Waals surface area contributed by atoms with Gasteiger partial charge in [0, 0.05) is 11.1 Å². The van der Waals surface area contributed by atoms with Crippen molar-refractivity contribution in [1.29, 1.82) is 0 Å².